The van der Waals surface area contributed by atoms with Crippen LogP contribution in [0.3, 0.4) is 0 Å². The predicted molar refractivity (Wildman–Crippen MR) is 60.2 cm³/mol. The topological polar surface area (TPSA) is 12.0 Å². The molecule has 0 amide bonds. The van der Waals surface area contributed by atoms with Crippen molar-refractivity contribution < 1.29 is 0 Å². The van der Waals surface area contributed by atoms with E-state index in [0.29, 0.717) is 0 Å². The van der Waals surface area contributed by atoms with E-state index in [-0.39, 0.29) is 11.1 Å². The van der Waals surface area contributed by atoms with E-state index < -0.39 is 0 Å². The standard InChI is InChI=1S/C13H19N/c1-12(2)9-10-13(3,14-12)11-7-5-4-6-8-11/h4-8,14H,9-10H2,1-3H3. The molecule has 0 aliphatic carbocycles. The Morgan fingerprint density at radius 3 is 2.14 bits per heavy atom. The minimum absolute atomic E-state index is 0.171. The van der Waals surface area contributed by atoms with Crippen molar-refractivity contribution in [2.75, 3.05) is 0 Å². The van der Waals surface area contributed by atoms with Crippen LogP contribution >= 0.6 is 0 Å². The van der Waals surface area contributed by atoms with Crippen LogP contribution in [0.25, 0.3) is 0 Å². The molecule has 1 aliphatic rings. The molecule has 1 aliphatic heterocycles. The average Bonchev–Trinajstić information content (AvgIpc) is 2.44. The molecular weight excluding hydrogens is 170 g/mol. The highest BCUT2D eigenvalue weighted by atomic mass is 15.1. The number of hydrogen-bond donors (Lipinski definition) is 1. The van der Waals surface area contributed by atoms with Gasteiger partial charge in [0.05, 0.1) is 0 Å². The first-order valence-corrected chi connectivity index (χ1v) is 5.37. The van der Waals surface area contributed by atoms with Crippen LogP contribution in [-0.2, 0) is 5.54 Å². The Labute approximate surface area is 86.5 Å². The van der Waals surface area contributed by atoms with Gasteiger partial charge in [-0.15, -0.1) is 0 Å². The maximum absolute atomic E-state index is 3.72. The molecule has 1 saturated heterocycles. The lowest BCUT2D eigenvalue weighted by Crippen LogP contribution is -2.43. The van der Waals surface area contributed by atoms with E-state index in [2.05, 4.69) is 56.4 Å². The third-order valence-corrected chi connectivity index (χ3v) is 3.28. The molecule has 1 heteroatoms. The normalized spacial score (nSPS) is 30.5. The van der Waals surface area contributed by atoms with Gasteiger partial charge in [-0.1, -0.05) is 30.3 Å². The molecular formula is C13H19N. The summed E-state index contributed by atoms with van der Waals surface area (Å²) < 4.78 is 0. The van der Waals surface area contributed by atoms with Gasteiger partial charge in [0.15, 0.2) is 0 Å². The second-order valence-corrected chi connectivity index (χ2v) is 5.21. The van der Waals surface area contributed by atoms with Crippen molar-refractivity contribution in [2.24, 2.45) is 0 Å². The molecule has 1 atom stereocenters. The molecule has 0 aromatic heterocycles. The Bertz CT molecular complexity index is 315. The summed E-state index contributed by atoms with van der Waals surface area (Å²) in [5.74, 6) is 0. The molecule has 1 N–H and O–H groups in total. The molecule has 76 valence electrons. The van der Waals surface area contributed by atoms with E-state index >= 15 is 0 Å². The monoisotopic (exact) mass is 189 g/mol. The van der Waals surface area contributed by atoms with Gasteiger partial charge in [-0.25, -0.2) is 0 Å². The summed E-state index contributed by atoms with van der Waals surface area (Å²) in [6, 6.07) is 10.7. The lowest BCUT2D eigenvalue weighted by molar-refractivity contribution is 0.353. The molecule has 1 fully saturated rings. The summed E-state index contributed by atoms with van der Waals surface area (Å²) in [4.78, 5) is 0. The lowest BCUT2D eigenvalue weighted by Gasteiger charge is -2.29. The van der Waals surface area contributed by atoms with E-state index in [1.165, 1.54) is 18.4 Å². The summed E-state index contributed by atoms with van der Waals surface area (Å²) in [5, 5.41) is 3.72. The minimum atomic E-state index is 0.171. The van der Waals surface area contributed by atoms with Crippen molar-refractivity contribution >= 4 is 0 Å². The Balaban J connectivity index is 2.27. The van der Waals surface area contributed by atoms with Gasteiger partial charge in [0.25, 0.3) is 0 Å². The van der Waals surface area contributed by atoms with Crippen molar-refractivity contribution in [1.29, 1.82) is 0 Å². The Hall–Kier alpha value is -0.820. The summed E-state index contributed by atoms with van der Waals surface area (Å²) in [6.45, 7) is 6.86. The van der Waals surface area contributed by atoms with Crippen LogP contribution in [-0.4, -0.2) is 5.54 Å². The van der Waals surface area contributed by atoms with Gasteiger partial charge in [0.2, 0.25) is 0 Å². The number of nitrogens with one attached hydrogen (secondary N) is 1. The molecule has 14 heavy (non-hydrogen) atoms. The van der Waals surface area contributed by atoms with E-state index in [1.54, 1.807) is 0 Å². The fraction of sp³-hybridized carbons (Fsp3) is 0.538. The molecule has 0 spiro atoms. The first-order valence-electron chi connectivity index (χ1n) is 5.37. The second kappa shape index (κ2) is 3.09. The molecule has 0 radical (unpaired) electrons. The number of hydrogen-bond acceptors (Lipinski definition) is 1. The molecule has 1 nitrogen and oxygen atoms in total. The van der Waals surface area contributed by atoms with Gasteiger partial charge in [0, 0.05) is 11.1 Å². The third-order valence-electron chi connectivity index (χ3n) is 3.28. The number of rotatable bonds is 1. The van der Waals surface area contributed by atoms with Crippen LogP contribution in [0.5, 0.6) is 0 Å². The molecule has 2 rings (SSSR count). The first-order chi connectivity index (χ1) is 6.52. The highest BCUT2D eigenvalue weighted by molar-refractivity contribution is 5.26. The van der Waals surface area contributed by atoms with Gasteiger partial charge < -0.3 is 5.32 Å². The van der Waals surface area contributed by atoms with Crippen LogP contribution in [0.2, 0.25) is 0 Å². The fourth-order valence-electron chi connectivity index (χ4n) is 2.46. The highest BCUT2D eigenvalue weighted by Gasteiger charge is 2.39. The van der Waals surface area contributed by atoms with E-state index in [4.69, 9.17) is 0 Å². The van der Waals surface area contributed by atoms with E-state index in [1.807, 2.05) is 0 Å². The molecule has 0 bridgehead atoms. The van der Waals surface area contributed by atoms with Crippen LogP contribution in [0.15, 0.2) is 30.3 Å². The molecule has 0 saturated carbocycles. The van der Waals surface area contributed by atoms with E-state index in [9.17, 15) is 0 Å². The van der Waals surface area contributed by atoms with Crippen molar-refractivity contribution in [3.8, 4) is 0 Å². The third kappa shape index (κ3) is 1.69. The maximum atomic E-state index is 3.72. The van der Waals surface area contributed by atoms with Gasteiger partial charge in [-0.05, 0) is 39.2 Å². The largest absolute Gasteiger partial charge is 0.303 e. The molecule has 1 aromatic carbocycles. The lowest BCUT2D eigenvalue weighted by atomic mass is 9.91. The van der Waals surface area contributed by atoms with Crippen LogP contribution in [0.4, 0.5) is 0 Å². The Morgan fingerprint density at radius 1 is 1.00 bits per heavy atom. The van der Waals surface area contributed by atoms with Crippen molar-refractivity contribution in [2.45, 2.75) is 44.7 Å². The molecule has 1 heterocycles. The summed E-state index contributed by atoms with van der Waals surface area (Å²) >= 11 is 0. The maximum Gasteiger partial charge on any atom is 0.0410 e. The van der Waals surface area contributed by atoms with Crippen molar-refractivity contribution in [3.05, 3.63) is 35.9 Å². The zero-order valence-electron chi connectivity index (χ0n) is 9.30. The Morgan fingerprint density at radius 2 is 1.64 bits per heavy atom. The fourth-order valence-corrected chi connectivity index (χ4v) is 2.46. The van der Waals surface area contributed by atoms with Crippen LogP contribution in [0, 0.1) is 0 Å². The number of benzene rings is 1. The zero-order chi connectivity index (χ0) is 10.2. The summed E-state index contributed by atoms with van der Waals surface area (Å²) in [7, 11) is 0. The van der Waals surface area contributed by atoms with Crippen LogP contribution in [0.1, 0.15) is 39.2 Å². The first kappa shape index (κ1) is 9.72. The van der Waals surface area contributed by atoms with Crippen molar-refractivity contribution in [3.63, 3.8) is 0 Å². The average molecular weight is 189 g/mol. The second-order valence-electron chi connectivity index (χ2n) is 5.21. The summed E-state index contributed by atoms with van der Waals surface area (Å²) in [5.41, 5.74) is 1.86. The highest BCUT2D eigenvalue weighted by Crippen LogP contribution is 2.37. The van der Waals surface area contributed by atoms with E-state index in [0.717, 1.165) is 0 Å². The van der Waals surface area contributed by atoms with Crippen LogP contribution < -0.4 is 5.32 Å². The van der Waals surface area contributed by atoms with Gasteiger partial charge in [-0.2, -0.15) is 0 Å². The molecule has 1 unspecified atom stereocenters. The van der Waals surface area contributed by atoms with Gasteiger partial charge in [0.1, 0.15) is 0 Å². The SMILES string of the molecule is CC1(C)CCC(C)(c2ccccc2)N1. The smallest absolute Gasteiger partial charge is 0.0410 e. The zero-order valence-corrected chi connectivity index (χ0v) is 9.30. The van der Waals surface area contributed by atoms with Gasteiger partial charge in [-0.3, -0.25) is 0 Å². The van der Waals surface area contributed by atoms with Gasteiger partial charge >= 0.3 is 0 Å². The summed E-state index contributed by atoms with van der Waals surface area (Å²) in [6.07, 6.45) is 2.47. The molecule has 1 aromatic rings. The quantitative estimate of drug-likeness (QED) is 0.716. The Kier molecular flexibility index (Phi) is 2.15. The van der Waals surface area contributed by atoms with Crippen molar-refractivity contribution in [1.82, 2.24) is 5.32 Å². The predicted octanol–water partition coefficient (Wildman–Crippen LogP) is 3.06. The minimum Gasteiger partial charge on any atom is -0.303 e.